The van der Waals surface area contributed by atoms with Gasteiger partial charge in [-0.25, -0.2) is 13.4 Å². The van der Waals surface area contributed by atoms with E-state index in [4.69, 9.17) is 4.74 Å². The molecule has 3 rings (SSSR count). The van der Waals surface area contributed by atoms with Gasteiger partial charge in [0.25, 0.3) is 10.0 Å². The zero-order chi connectivity index (χ0) is 20.0. The molecule has 1 heterocycles. The van der Waals surface area contributed by atoms with E-state index in [2.05, 4.69) is 15.0 Å². The highest BCUT2D eigenvalue weighted by molar-refractivity contribution is 7.92. The molecule has 6 nitrogen and oxygen atoms in total. The molecular formula is C21H23N3O3S. The van der Waals surface area contributed by atoms with Crippen LogP contribution in [0.25, 0.3) is 0 Å². The smallest absolute Gasteiger partial charge is 0.263 e. The van der Waals surface area contributed by atoms with E-state index >= 15 is 0 Å². The molecule has 146 valence electrons. The number of hydrogen-bond donors (Lipinski definition) is 2. The molecule has 0 aliphatic heterocycles. The Morgan fingerprint density at radius 1 is 0.964 bits per heavy atom. The van der Waals surface area contributed by atoms with Crippen LogP contribution >= 0.6 is 0 Å². The highest BCUT2D eigenvalue weighted by atomic mass is 32.2. The van der Waals surface area contributed by atoms with E-state index in [1.807, 2.05) is 44.2 Å². The van der Waals surface area contributed by atoms with Crippen LogP contribution < -0.4 is 14.8 Å². The van der Waals surface area contributed by atoms with Crippen molar-refractivity contribution in [2.45, 2.75) is 31.4 Å². The fourth-order valence-electron chi connectivity index (χ4n) is 2.52. The molecule has 0 bridgehead atoms. The first-order chi connectivity index (χ1) is 13.4. The van der Waals surface area contributed by atoms with Gasteiger partial charge < -0.3 is 10.1 Å². The van der Waals surface area contributed by atoms with Gasteiger partial charge in [0, 0.05) is 6.54 Å². The fourth-order valence-corrected chi connectivity index (χ4v) is 3.53. The zero-order valence-electron chi connectivity index (χ0n) is 15.8. The normalized spacial score (nSPS) is 11.2. The van der Waals surface area contributed by atoms with Gasteiger partial charge in [-0.3, -0.25) is 4.72 Å². The van der Waals surface area contributed by atoms with Crippen molar-refractivity contribution in [2.24, 2.45) is 0 Å². The van der Waals surface area contributed by atoms with Crippen LogP contribution in [0.5, 0.6) is 5.75 Å². The fraction of sp³-hybridized carbons (Fsp3) is 0.190. The lowest BCUT2D eigenvalue weighted by Crippen LogP contribution is -2.14. The second kappa shape index (κ2) is 8.75. The molecule has 0 aliphatic carbocycles. The molecule has 2 N–H and O–H groups in total. The minimum Gasteiger partial charge on any atom is -0.491 e. The summed E-state index contributed by atoms with van der Waals surface area (Å²) in [6.07, 6.45) is 1.62. The number of pyridine rings is 1. The van der Waals surface area contributed by atoms with Crippen LogP contribution in [-0.4, -0.2) is 19.5 Å². The van der Waals surface area contributed by atoms with Crippen molar-refractivity contribution in [1.29, 1.82) is 0 Å². The average molecular weight is 398 g/mol. The summed E-state index contributed by atoms with van der Waals surface area (Å²) in [4.78, 5) is 4.33. The molecule has 0 saturated carbocycles. The Bertz CT molecular complexity index is 987. The number of rotatable bonds is 8. The number of aromatic nitrogens is 1. The third-order valence-electron chi connectivity index (χ3n) is 3.85. The molecule has 0 atom stereocenters. The zero-order valence-corrected chi connectivity index (χ0v) is 16.6. The van der Waals surface area contributed by atoms with Crippen molar-refractivity contribution < 1.29 is 13.2 Å². The van der Waals surface area contributed by atoms with E-state index < -0.39 is 10.0 Å². The number of anilines is 2. The van der Waals surface area contributed by atoms with Gasteiger partial charge in [-0.2, -0.15) is 0 Å². The van der Waals surface area contributed by atoms with Crippen molar-refractivity contribution in [1.82, 2.24) is 4.98 Å². The Labute approximate surface area is 165 Å². The van der Waals surface area contributed by atoms with E-state index in [0.717, 1.165) is 11.3 Å². The standard InChI is InChI=1S/C21H23N3O3S/c1-16(2)27-19-9-11-20(12-10-19)28(25,26)24-21-13-8-18(15-23-21)22-14-17-6-4-3-5-7-17/h3-13,15-16,22H,14H2,1-2H3,(H,23,24). The highest BCUT2D eigenvalue weighted by Gasteiger charge is 2.15. The van der Waals surface area contributed by atoms with Crippen LogP contribution in [0.3, 0.4) is 0 Å². The van der Waals surface area contributed by atoms with Crippen molar-refractivity contribution in [3.05, 3.63) is 78.5 Å². The number of nitrogens with one attached hydrogen (secondary N) is 2. The maximum absolute atomic E-state index is 12.5. The molecule has 0 saturated heterocycles. The van der Waals surface area contributed by atoms with Gasteiger partial charge in [0.15, 0.2) is 0 Å². The number of ether oxygens (including phenoxy) is 1. The summed E-state index contributed by atoms with van der Waals surface area (Å²) < 4.78 is 33.1. The van der Waals surface area contributed by atoms with Gasteiger partial charge in [0.2, 0.25) is 0 Å². The maximum Gasteiger partial charge on any atom is 0.263 e. The number of hydrogen-bond acceptors (Lipinski definition) is 5. The number of nitrogens with zero attached hydrogens (tertiary/aromatic N) is 1. The van der Waals surface area contributed by atoms with Crippen molar-refractivity contribution in [3.8, 4) is 5.75 Å². The predicted molar refractivity (Wildman–Crippen MR) is 111 cm³/mol. The Balaban J connectivity index is 1.62. The van der Waals surface area contributed by atoms with Gasteiger partial charge in [-0.1, -0.05) is 30.3 Å². The topological polar surface area (TPSA) is 80.3 Å². The molecule has 0 unspecified atom stereocenters. The maximum atomic E-state index is 12.5. The predicted octanol–water partition coefficient (Wildman–Crippen LogP) is 4.28. The summed E-state index contributed by atoms with van der Waals surface area (Å²) in [5.74, 6) is 0.883. The minimum absolute atomic E-state index is 0.0267. The third-order valence-corrected chi connectivity index (χ3v) is 5.22. The van der Waals surface area contributed by atoms with Crippen LogP contribution in [0.2, 0.25) is 0 Å². The second-order valence-electron chi connectivity index (χ2n) is 6.51. The first-order valence-corrected chi connectivity index (χ1v) is 10.4. The Hall–Kier alpha value is -3.06. The summed E-state index contributed by atoms with van der Waals surface area (Å²) in [6.45, 7) is 4.49. The first-order valence-electron chi connectivity index (χ1n) is 8.96. The third kappa shape index (κ3) is 5.47. The molecule has 2 aromatic carbocycles. The summed E-state index contributed by atoms with van der Waals surface area (Å²) in [7, 11) is -3.72. The van der Waals surface area contributed by atoms with Crippen LogP contribution in [0.15, 0.2) is 77.8 Å². The van der Waals surface area contributed by atoms with E-state index in [-0.39, 0.29) is 16.8 Å². The van der Waals surface area contributed by atoms with Crippen LogP contribution in [0, 0.1) is 0 Å². The van der Waals surface area contributed by atoms with Crippen molar-refractivity contribution >= 4 is 21.5 Å². The lowest BCUT2D eigenvalue weighted by atomic mass is 10.2. The Morgan fingerprint density at radius 3 is 2.29 bits per heavy atom. The summed E-state index contributed by atoms with van der Waals surface area (Å²) in [5, 5.41) is 3.25. The van der Waals surface area contributed by atoms with E-state index in [1.165, 1.54) is 12.1 Å². The monoisotopic (exact) mass is 397 g/mol. The molecule has 0 aliphatic rings. The quantitative estimate of drug-likeness (QED) is 0.593. The second-order valence-corrected chi connectivity index (χ2v) is 8.20. The van der Waals surface area contributed by atoms with E-state index in [0.29, 0.717) is 12.3 Å². The molecule has 0 spiro atoms. The molecule has 0 amide bonds. The van der Waals surface area contributed by atoms with Crippen molar-refractivity contribution in [2.75, 3.05) is 10.0 Å². The SMILES string of the molecule is CC(C)Oc1ccc(S(=O)(=O)Nc2ccc(NCc3ccccc3)cn2)cc1. The number of benzene rings is 2. The molecule has 28 heavy (non-hydrogen) atoms. The molecule has 0 radical (unpaired) electrons. The van der Waals surface area contributed by atoms with Gasteiger partial charge in [-0.15, -0.1) is 0 Å². The van der Waals surface area contributed by atoms with Crippen molar-refractivity contribution in [3.63, 3.8) is 0 Å². The van der Waals surface area contributed by atoms with E-state index in [9.17, 15) is 8.42 Å². The lowest BCUT2D eigenvalue weighted by Gasteiger charge is -2.11. The molecule has 3 aromatic rings. The van der Waals surface area contributed by atoms with Gasteiger partial charge in [-0.05, 0) is 55.8 Å². The Kier molecular flexibility index (Phi) is 6.16. The summed E-state index contributed by atoms with van der Waals surface area (Å²) in [6, 6.07) is 19.7. The van der Waals surface area contributed by atoms with Crippen LogP contribution in [0.4, 0.5) is 11.5 Å². The average Bonchev–Trinajstić information content (AvgIpc) is 2.68. The highest BCUT2D eigenvalue weighted by Crippen LogP contribution is 2.20. The summed E-state index contributed by atoms with van der Waals surface area (Å²) in [5.41, 5.74) is 1.96. The lowest BCUT2D eigenvalue weighted by molar-refractivity contribution is 0.242. The van der Waals surface area contributed by atoms with Crippen LogP contribution in [-0.2, 0) is 16.6 Å². The van der Waals surface area contributed by atoms with E-state index in [1.54, 1.807) is 30.5 Å². The largest absolute Gasteiger partial charge is 0.491 e. The molecular weight excluding hydrogens is 374 g/mol. The van der Waals surface area contributed by atoms with Gasteiger partial charge in [0.05, 0.1) is 22.9 Å². The minimum atomic E-state index is -3.72. The first kappa shape index (κ1) is 19.7. The van der Waals surface area contributed by atoms with Gasteiger partial charge in [0.1, 0.15) is 11.6 Å². The van der Waals surface area contributed by atoms with Crippen LogP contribution in [0.1, 0.15) is 19.4 Å². The number of sulfonamides is 1. The molecule has 7 heteroatoms. The molecule has 0 fully saturated rings. The molecule has 1 aromatic heterocycles. The Morgan fingerprint density at radius 2 is 1.68 bits per heavy atom. The van der Waals surface area contributed by atoms with Gasteiger partial charge >= 0.3 is 0 Å². The summed E-state index contributed by atoms with van der Waals surface area (Å²) >= 11 is 0.